The molecule has 1 aliphatic rings. The molecule has 1 fully saturated rings. The zero-order valence-corrected chi connectivity index (χ0v) is 16.1. The minimum Gasteiger partial charge on any atom is -0.393 e. The smallest absolute Gasteiger partial charge is 0.228 e. The predicted molar refractivity (Wildman–Crippen MR) is 101 cm³/mol. The first kappa shape index (κ1) is 20.5. The molecule has 0 aromatic heterocycles. The zero-order valence-electron chi connectivity index (χ0n) is 15.3. The van der Waals surface area contributed by atoms with Crippen LogP contribution in [0.4, 0.5) is 0 Å². The van der Waals surface area contributed by atoms with Gasteiger partial charge in [-0.25, -0.2) is 0 Å². The van der Waals surface area contributed by atoms with E-state index < -0.39 is 35.3 Å². The molecule has 0 spiro atoms. The predicted octanol–water partition coefficient (Wildman–Crippen LogP) is 1.43. The Bertz CT molecular complexity index is 679. The molecule has 4 N–H and O–H groups in total. The summed E-state index contributed by atoms with van der Waals surface area (Å²) in [7, 11) is 0. The Hall–Kier alpha value is -1.86. The summed E-state index contributed by atoms with van der Waals surface area (Å²) in [6.45, 7) is 5.20. The van der Waals surface area contributed by atoms with Crippen LogP contribution in [0, 0.1) is 11.3 Å². The van der Waals surface area contributed by atoms with Crippen LogP contribution in [0.15, 0.2) is 30.3 Å². The summed E-state index contributed by atoms with van der Waals surface area (Å²) in [6, 6.07) is 8.28. The van der Waals surface area contributed by atoms with Crippen molar-refractivity contribution in [1.82, 2.24) is 5.32 Å². The van der Waals surface area contributed by atoms with E-state index in [4.69, 9.17) is 5.73 Å². The Balaban J connectivity index is 2.64. The van der Waals surface area contributed by atoms with E-state index in [1.807, 2.05) is 19.9 Å². The molecule has 6 nitrogen and oxygen atoms in total. The van der Waals surface area contributed by atoms with Gasteiger partial charge in [0.1, 0.15) is 0 Å². The van der Waals surface area contributed by atoms with Gasteiger partial charge in [0.25, 0.3) is 0 Å². The molecule has 0 bridgehead atoms. The number of carbonyl (C=O) groups is 3. The maximum atomic E-state index is 13.2. The van der Waals surface area contributed by atoms with E-state index in [0.29, 0.717) is 17.7 Å². The van der Waals surface area contributed by atoms with Gasteiger partial charge in [-0.15, -0.1) is 0 Å². The first-order chi connectivity index (χ1) is 12.3. The molecule has 5 atom stereocenters. The average Bonchev–Trinajstić information content (AvgIpc) is 2.57. The van der Waals surface area contributed by atoms with Crippen LogP contribution >= 0.6 is 11.8 Å². The van der Waals surface area contributed by atoms with Crippen LogP contribution in [0.5, 0.6) is 0 Å². The fourth-order valence-electron chi connectivity index (χ4n) is 3.96. The minimum absolute atomic E-state index is 0.189. The molecule has 26 heavy (non-hydrogen) atoms. The quantitative estimate of drug-likeness (QED) is 0.593. The van der Waals surface area contributed by atoms with Crippen molar-refractivity contribution >= 4 is 28.7 Å². The van der Waals surface area contributed by atoms with Gasteiger partial charge in [0.15, 0.2) is 5.12 Å². The number of rotatable bonds is 8. The van der Waals surface area contributed by atoms with Crippen molar-refractivity contribution in [2.45, 2.75) is 45.3 Å². The number of carbonyl (C=O) groups excluding carboxylic acids is 3. The second kappa shape index (κ2) is 8.22. The summed E-state index contributed by atoms with van der Waals surface area (Å²) in [6.07, 6.45) is -0.612. The molecule has 7 heteroatoms. The third-order valence-corrected chi connectivity index (χ3v) is 6.14. The summed E-state index contributed by atoms with van der Waals surface area (Å²) in [5.74, 6) is -2.03. The van der Waals surface area contributed by atoms with Gasteiger partial charge >= 0.3 is 0 Å². The van der Waals surface area contributed by atoms with Gasteiger partial charge in [-0.05, 0) is 24.7 Å². The highest BCUT2D eigenvalue weighted by molar-refractivity contribution is 8.13. The molecule has 0 aliphatic carbocycles. The number of nitrogens with two attached hydrogens (primary N) is 1. The van der Waals surface area contributed by atoms with Crippen molar-refractivity contribution in [2.24, 2.45) is 17.1 Å². The summed E-state index contributed by atoms with van der Waals surface area (Å²) in [5, 5.41) is 12.7. The number of hydrogen-bond donors (Lipinski definition) is 3. The standard InChI is InChI=1S/C19H26N2O4S/c1-4-19(18(25)26-5-2,15-13(11(3)22)17(24)21-15)14(16(20)23)12-9-7-6-8-10-12/h6-11,13-15,22H,4-5H2,1-3H3,(H2,20,23)(H,21,24)/t11-,13-,14?,15+,19-/m1/s1. The second-order valence-electron chi connectivity index (χ2n) is 6.61. The highest BCUT2D eigenvalue weighted by Gasteiger charge is 2.61. The minimum atomic E-state index is -1.22. The topological polar surface area (TPSA) is 109 Å². The molecule has 1 aromatic rings. The highest BCUT2D eigenvalue weighted by atomic mass is 32.2. The van der Waals surface area contributed by atoms with Gasteiger partial charge in [0.05, 0.1) is 29.4 Å². The van der Waals surface area contributed by atoms with Crippen molar-refractivity contribution < 1.29 is 19.5 Å². The molecule has 1 saturated heterocycles. The molecule has 0 radical (unpaired) electrons. The first-order valence-corrected chi connectivity index (χ1v) is 9.79. The molecule has 1 aromatic carbocycles. The number of amides is 2. The number of hydrogen-bond acceptors (Lipinski definition) is 5. The van der Waals surface area contributed by atoms with Crippen LogP contribution in [0.2, 0.25) is 0 Å². The number of nitrogens with one attached hydrogen (secondary N) is 1. The SMILES string of the molecule is CCSC(=O)[C@](CC)(C(C(N)=O)c1ccccc1)[C@H]1NC(=O)[C@@H]1[C@@H](C)O. The first-order valence-electron chi connectivity index (χ1n) is 8.81. The van der Waals surface area contributed by atoms with Crippen LogP contribution < -0.4 is 11.1 Å². The fourth-order valence-corrected chi connectivity index (χ4v) is 4.88. The van der Waals surface area contributed by atoms with E-state index >= 15 is 0 Å². The number of aliphatic hydroxyl groups is 1. The number of aliphatic hydroxyl groups excluding tert-OH is 1. The number of thioether (sulfide) groups is 1. The van der Waals surface area contributed by atoms with Crippen molar-refractivity contribution in [1.29, 1.82) is 0 Å². The van der Waals surface area contributed by atoms with Crippen molar-refractivity contribution in [3.8, 4) is 0 Å². The average molecular weight is 378 g/mol. The van der Waals surface area contributed by atoms with E-state index in [1.165, 1.54) is 6.92 Å². The molecule has 1 unspecified atom stereocenters. The van der Waals surface area contributed by atoms with Gasteiger partial charge in [-0.3, -0.25) is 14.4 Å². The summed E-state index contributed by atoms with van der Waals surface area (Å²) >= 11 is 1.12. The fraction of sp³-hybridized carbons (Fsp3) is 0.526. The summed E-state index contributed by atoms with van der Waals surface area (Å²) < 4.78 is 0. The Kier molecular flexibility index (Phi) is 6.47. The molecule has 2 amide bonds. The second-order valence-corrected chi connectivity index (χ2v) is 7.85. The van der Waals surface area contributed by atoms with Gasteiger partial charge in [-0.2, -0.15) is 0 Å². The Labute approximate surface area is 157 Å². The lowest BCUT2D eigenvalue weighted by molar-refractivity contribution is -0.153. The van der Waals surface area contributed by atoms with E-state index in [9.17, 15) is 19.5 Å². The van der Waals surface area contributed by atoms with E-state index in [-0.39, 0.29) is 11.0 Å². The maximum absolute atomic E-state index is 13.2. The van der Waals surface area contributed by atoms with Crippen molar-refractivity contribution in [3.63, 3.8) is 0 Å². The monoisotopic (exact) mass is 378 g/mol. The Morgan fingerprint density at radius 2 is 1.92 bits per heavy atom. The van der Waals surface area contributed by atoms with E-state index in [0.717, 1.165) is 11.8 Å². The van der Waals surface area contributed by atoms with Crippen LogP contribution in [0.1, 0.15) is 38.7 Å². The molecule has 0 saturated carbocycles. The van der Waals surface area contributed by atoms with E-state index in [1.54, 1.807) is 24.3 Å². The van der Waals surface area contributed by atoms with Crippen LogP contribution in [-0.2, 0) is 14.4 Å². The molecule has 1 heterocycles. The van der Waals surface area contributed by atoms with Gasteiger partial charge in [0.2, 0.25) is 11.8 Å². The third kappa shape index (κ3) is 3.38. The summed E-state index contributed by atoms with van der Waals surface area (Å²) in [4.78, 5) is 37.8. The number of primary amides is 1. The van der Waals surface area contributed by atoms with Crippen LogP contribution in [-0.4, -0.2) is 39.9 Å². The lowest BCUT2D eigenvalue weighted by atomic mass is 9.59. The third-order valence-electron chi connectivity index (χ3n) is 5.21. The Morgan fingerprint density at radius 1 is 1.31 bits per heavy atom. The lowest BCUT2D eigenvalue weighted by Gasteiger charge is -2.52. The summed E-state index contributed by atoms with van der Waals surface area (Å²) in [5.41, 5.74) is 5.18. The number of β-lactam (4-membered cyclic amide) rings is 1. The normalized spacial score (nSPS) is 23.9. The highest BCUT2D eigenvalue weighted by Crippen LogP contribution is 2.50. The van der Waals surface area contributed by atoms with Crippen LogP contribution in [0.25, 0.3) is 0 Å². The van der Waals surface area contributed by atoms with Gasteiger partial charge < -0.3 is 16.2 Å². The Morgan fingerprint density at radius 3 is 2.35 bits per heavy atom. The van der Waals surface area contributed by atoms with E-state index in [2.05, 4.69) is 5.32 Å². The van der Waals surface area contributed by atoms with Gasteiger partial charge in [-0.1, -0.05) is 55.9 Å². The maximum Gasteiger partial charge on any atom is 0.228 e. The van der Waals surface area contributed by atoms with Crippen molar-refractivity contribution in [2.75, 3.05) is 5.75 Å². The molecule has 2 rings (SSSR count). The molecule has 1 aliphatic heterocycles. The number of benzene rings is 1. The largest absolute Gasteiger partial charge is 0.393 e. The molecular formula is C19H26N2O4S. The molecular weight excluding hydrogens is 352 g/mol. The van der Waals surface area contributed by atoms with Crippen molar-refractivity contribution in [3.05, 3.63) is 35.9 Å². The lowest BCUT2D eigenvalue weighted by Crippen LogP contribution is -2.71. The van der Waals surface area contributed by atoms with Crippen LogP contribution in [0.3, 0.4) is 0 Å². The zero-order chi connectivity index (χ0) is 19.5. The van der Waals surface area contributed by atoms with Gasteiger partial charge in [0, 0.05) is 0 Å². The molecule has 142 valence electrons.